The lowest BCUT2D eigenvalue weighted by molar-refractivity contribution is -0.123. The average Bonchev–Trinajstić information content (AvgIpc) is 2.53. The minimum Gasteiger partial charge on any atom is -0.355 e. The summed E-state index contributed by atoms with van der Waals surface area (Å²) in [5, 5.41) is 3.55. The van der Waals surface area contributed by atoms with Gasteiger partial charge in [0.15, 0.2) is 0 Å². The zero-order chi connectivity index (χ0) is 14.7. The maximum Gasteiger partial charge on any atom is 0.227 e. The summed E-state index contributed by atoms with van der Waals surface area (Å²) in [6, 6.07) is 8.41. The second-order valence-corrected chi connectivity index (χ2v) is 7.12. The summed E-state index contributed by atoms with van der Waals surface area (Å²) < 4.78 is 0. The molecule has 1 amide bonds. The maximum atomic E-state index is 12.5. The summed E-state index contributed by atoms with van der Waals surface area (Å²) in [5.41, 5.74) is 2.59. The smallest absolute Gasteiger partial charge is 0.227 e. The lowest BCUT2D eigenvalue weighted by Gasteiger charge is -2.28. The fourth-order valence-electron chi connectivity index (χ4n) is 3.72. The van der Waals surface area contributed by atoms with Gasteiger partial charge >= 0.3 is 0 Å². The molecule has 3 rings (SSSR count). The van der Waals surface area contributed by atoms with E-state index in [0.29, 0.717) is 11.3 Å². The summed E-state index contributed by atoms with van der Waals surface area (Å²) >= 11 is 6.14. The van der Waals surface area contributed by atoms with E-state index in [9.17, 15) is 4.79 Å². The van der Waals surface area contributed by atoms with Gasteiger partial charge in [0.1, 0.15) is 0 Å². The number of benzene rings is 1. The Hall–Kier alpha value is -1.02. The van der Waals surface area contributed by atoms with Crippen molar-refractivity contribution >= 4 is 17.5 Å². The molecule has 0 spiro atoms. The molecule has 0 aliphatic heterocycles. The number of hydrogen-bond acceptors (Lipinski definition) is 1. The van der Waals surface area contributed by atoms with Gasteiger partial charge in [0.2, 0.25) is 5.91 Å². The highest BCUT2D eigenvalue weighted by Gasteiger charge is 2.27. The van der Waals surface area contributed by atoms with E-state index in [1.807, 2.05) is 6.07 Å². The molecule has 2 aliphatic carbocycles. The molecule has 0 aromatic heterocycles. The lowest BCUT2D eigenvalue weighted by Crippen LogP contribution is -2.35. The standard InChI is InChI=1S/C18H24ClNO/c19-15-10-8-13(9-11-15)12-20-18(21)17-7-3-5-14-4-1-2-6-16(14)17/h1-2,4,6,13,15,17H,3,5,7-12H2,(H,20,21). The van der Waals surface area contributed by atoms with Crippen LogP contribution in [0.3, 0.4) is 0 Å². The predicted octanol–water partition coefficient (Wildman–Crippen LogP) is 4.02. The van der Waals surface area contributed by atoms with Crippen molar-refractivity contribution in [3.63, 3.8) is 0 Å². The zero-order valence-electron chi connectivity index (χ0n) is 12.5. The van der Waals surface area contributed by atoms with Crippen LogP contribution in [0.1, 0.15) is 55.6 Å². The van der Waals surface area contributed by atoms with Crippen LogP contribution in [0, 0.1) is 5.92 Å². The molecule has 114 valence electrons. The Bertz CT molecular complexity index is 494. The molecule has 0 heterocycles. The number of amides is 1. The van der Waals surface area contributed by atoms with Crippen molar-refractivity contribution in [2.45, 2.75) is 56.2 Å². The third-order valence-corrected chi connectivity index (χ3v) is 5.46. The van der Waals surface area contributed by atoms with Crippen LogP contribution in [0.15, 0.2) is 24.3 Å². The first-order chi connectivity index (χ1) is 10.2. The Labute approximate surface area is 132 Å². The lowest BCUT2D eigenvalue weighted by atomic mass is 9.82. The molecule has 2 nitrogen and oxygen atoms in total. The van der Waals surface area contributed by atoms with Crippen LogP contribution >= 0.6 is 11.6 Å². The van der Waals surface area contributed by atoms with E-state index in [0.717, 1.165) is 51.5 Å². The van der Waals surface area contributed by atoms with Crippen molar-refractivity contribution in [3.05, 3.63) is 35.4 Å². The number of rotatable bonds is 3. The monoisotopic (exact) mass is 305 g/mol. The molecule has 1 aromatic rings. The Morgan fingerprint density at radius 1 is 1.14 bits per heavy atom. The summed E-state index contributed by atoms with van der Waals surface area (Å²) in [4.78, 5) is 12.5. The molecule has 1 aromatic carbocycles. The van der Waals surface area contributed by atoms with Gasteiger partial charge in [-0.2, -0.15) is 0 Å². The Balaban J connectivity index is 1.57. The van der Waals surface area contributed by atoms with Crippen molar-refractivity contribution in [1.82, 2.24) is 5.32 Å². The van der Waals surface area contributed by atoms with E-state index in [1.165, 1.54) is 11.1 Å². The largest absolute Gasteiger partial charge is 0.355 e. The molecule has 21 heavy (non-hydrogen) atoms. The second-order valence-electron chi connectivity index (χ2n) is 6.51. The van der Waals surface area contributed by atoms with E-state index >= 15 is 0 Å². The highest BCUT2D eigenvalue weighted by Crippen LogP contribution is 2.32. The number of aryl methyl sites for hydroxylation is 1. The van der Waals surface area contributed by atoms with Crippen molar-refractivity contribution in [2.75, 3.05) is 6.54 Å². The molecule has 1 fully saturated rings. The van der Waals surface area contributed by atoms with E-state index in [2.05, 4.69) is 23.5 Å². The van der Waals surface area contributed by atoms with Gasteiger partial charge in [-0.3, -0.25) is 4.79 Å². The molecule has 3 heteroatoms. The van der Waals surface area contributed by atoms with Gasteiger partial charge in [0, 0.05) is 11.9 Å². The van der Waals surface area contributed by atoms with Crippen LogP contribution in [0.5, 0.6) is 0 Å². The highest BCUT2D eigenvalue weighted by atomic mass is 35.5. The number of hydrogen-bond donors (Lipinski definition) is 1. The fraction of sp³-hybridized carbons (Fsp3) is 0.611. The molecular formula is C18H24ClNO. The van der Waals surface area contributed by atoms with Gasteiger partial charge in [-0.1, -0.05) is 24.3 Å². The molecule has 0 saturated heterocycles. The third-order valence-electron chi connectivity index (χ3n) is 5.03. The van der Waals surface area contributed by atoms with Gasteiger partial charge in [0.25, 0.3) is 0 Å². The van der Waals surface area contributed by atoms with E-state index < -0.39 is 0 Å². The number of halogens is 1. The third kappa shape index (κ3) is 3.60. The summed E-state index contributed by atoms with van der Waals surface area (Å²) in [6.45, 7) is 0.821. The molecule has 1 N–H and O–H groups in total. The van der Waals surface area contributed by atoms with Crippen LogP contribution in [-0.2, 0) is 11.2 Å². The normalized spacial score (nSPS) is 28.7. The molecule has 2 aliphatic rings. The minimum absolute atomic E-state index is 0.0549. The van der Waals surface area contributed by atoms with Gasteiger partial charge in [0.05, 0.1) is 5.92 Å². The summed E-state index contributed by atoms with van der Waals surface area (Å²) in [7, 11) is 0. The van der Waals surface area contributed by atoms with E-state index in [4.69, 9.17) is 11.6 Å². The summed E-state index contributed by atoms with van der Waals surface area (Å²) in [6.07, 6.45) is 7.69. The van der Waals surface area contributed by atoms with Crippen LogP contribution in [0.25, 0.3) is 0 Å². The van der Waals surface area contributed by atoms with Gasteiger partial charge < -0.3 is 5.32 Å². The Morgan fingerprint density at radius 3 is 2.71 bits per heavy atom. The Kier molecular flexibility index (Phi) is 4.84. The topological polar surface area (TPSA) is 29.1 Å². The molecular weight excluding hydrogens is 282 g/mol. The van der Waals surface area contributed by atoms with Gasteiger partial charge in [-0.25, -0.2) is 0 Å². The number of fused-ring (bicyclic) bond motifs is 1. The average molecular weight is 306 g/mol. The fourth-order valence-corrected chi connectivity index (χ4v) is 3.97. The highest BCUT2D eigenvalue weighted by molar-refractivity contribution is 6.20. The first kappa shape index (κ1) is 14.9. The molecule has 0 bridgehead atoms. The minimum atomic E-state index is 0.0549. The van der Waals surface area contributed by atoms with Crippen molar-refractivity contribution in [2.24, 2.45) is 5.92 Å². The molecule has 1 saturated carbocycles. The number of carbonyl (C=O) groups excluding carboxylic acids is 1. The van der Waals surface area contributed by atoms with Crippen LogP contribution in [0.4, 0.5) is 0 Å². The Morgan fingerprint density at radius 2 is 1.90 bits per heavy atom. The number of nitrogens with one attached hydrogen (secondary N) is 1. The first-order valence-electron chi connectivity index (χ1n) is 8.23. The predicted molar refractivity (Wildman–Crippen MR) is 86.7 cm³/mol. The SMILES string of the molecule is O=C(NCC1CCC(Cl)CC1)C1CCCc2ccccc21. The van der Waals surface area contributed by atoms with Crippen LogP contribution in [0.2, 0.25) is 0 Å². The van der Waals surface area contributed by atoms with Crippen molar-refractivity contribution in [1.29, 1.82) is 0 Å². The maximum absolute atomic E-state index is 12.5. The quantitative estimate of drug-likeness (QED) is 0.840. The first-order valence-corrected chi connectivity index (χ1v) is 8.67. The molecule has 1 unspecified atom stereocenters. The van der Waals surface area contributed by atoms with Crippen molar-refractivity contribution < 1.29 is 4.79 Å². The van der Waals surface area contributed by atoms with Crippen LogP contribution < -0.4 is 5.32 Å². The van der Waals surface area contributed by atoms with Gasteiger partial charge in [-0.05, 0) is 62.0 Å². The molecule has 1 atom stereocenters. The second kappa shape index (κ2) is 6.83. The molecule has 0 radical (unpaired) electrons. The van der Waals surface area contributed by atoms with Crippen LogP contribution in [-0.4, -0.2) is 17.8 Å². The number of carbonyl (C=O) groups is 1. The van der Waals surface area contributed by atoms with Gasteiger partial charge in [-0.15, -0.1) is 11.6 Å². The number of alkyl halides is 1. The van der Waals surface area contributed by atoms with E-state index in [1.54, 1.807) is 0 Å². The van der Waals surface area contributed by atoms with Crippen molar-refractivity contribution in [3.8, 4) is 0 Å². The summed E-state index contributed by atoms with van der Waals surface area (Å²) in [5.74, 6) is 0.886. The van der Waals surface area contributed by atoms with E-state index in [-0.39, 0.29) is 11.8 Å². The zero-order valence-corrected chi connectivity index (χ0v) is 13.2.